The minimum Gasteiger partial charge on any atom is -0.339 e. The number of benzene rings is 1. The number of halogens is 2. The quantitative estimate of drug-likeness (QED) is 0.421. The van der Waals surface area contributed by atoms with Crippen LogP contribution in [-0.2, 0) is 6.42 Å². The summed E-state index contributed by atoms with van der Waals surface area (Å²) >= 11 is 0. The maximum Gasteiger partial charge on any atom is 0.274 e. The van der Waals surface area contributed by atoms with E-state index in [9.17, 15) is 13.6 Å². The summed E-state index contributed by atoms with van der Waals surface area (Å²) < 4.78 is 33.2. The van der Waals surface area contributed by atoms with Crippen LogP contribution in [0.15, 0.2) is 65.9 Å². The predicted molar refractivity (Wildman–Crippen MR) is 118 cm³/mol. The van der Waals surface area contributed by atoms with Gasteiger partial charge < -0.3 is 9.84 Å². The van der Waals surface area contributed by atoms with E-state index in [4.69, 9.17) is 4.52 Å². The lowest BCUT2D eigenvalue weighted by Gasteiger charge is -2.10. The monoisotopic (exact) mass is 435 g/mol. The molecule has 7 nitrogen and oxygen atoms in total. The van der Waals surface area contributed by atoms with Gasteiger partial charge in [-0.3, -0.25) is 9.20 Å². The molecule has 0 saturated heterocycles. The van der Waals surface area contributed by atoms with Crippen LogP contribution in [0.4, 0.5) is 14.5 Å². The Morgan fingerprint density at radius 2 is 2.19 bits per heavy atom. The van der Waals surface area contributed by atoms with Crippen LogP contribution in [0, 0.1) is 6.92 Å². The molecule has 4 rings (SSSR count). The summed E-state index contributed by atoms with van der Waals surface area (Å²) in [5.74, 6) is 0.592. The van der Waals surface area contributed by atoms with Crippen molar-refractivity contribution < 1.29 is 18.1 Å². The van der Waals surface area contributed by atoms with Crippen LogP contribution in [0.5, 0.6) is 0 Å². The Labute approximate surface area is 183 Å². The standard InChI is InChI=1S/C22H20BF2N5O2/c1-3-23-15(20(24)25)11-19-28-21(29-32-19)14-8-7-13(2)16(10-14)27-22(31)17-12-26-18-6-4-5-9-30(17)18/h3-10,12,15,20,23H,1,11H2,2H3,(H,27,31). The number of alkyl halides is 2. The number of anilines is 1. The summed E-state index contributed by atoms with van der Waals surface area (Å²) in [5, 5.41) is 6.81. The van der Waals surface area contributed by atoms with Crippen molar-refractivity contribution in [1.29, 1.82) is 0 Å². The molecule has 0 radical (unpaired) electrons. The molecule has 1 atom stereocenters. The number of nitrogens with one attached hydrogen (secondary N) is 1. The first kappa shape index (κ1) is 21.4. The molecule has 3 heterocycles. The number of nitrogens with zero attached hydrogens (tertiary/aromatic N) is 4. The number of hydrogen-bond donors (Lipinski definition) is 1. The van der Waals surface area contributed by atoms with Gasteiger partial charge in [-0.25, -0.2) is 13.8 Å². The van der Waals surface area contributed by atoms with Crippen LogP contribution in [0.25, 0.3) is 17.0 Å². The van der Waals surface area contributed by atoms with Crippen molar-refractivity contribution in [1.82, 2.24) is 19.5 Å². The molecule has 32 heavy (non-hydrogen) atoms. The van der Waals surface area contributed by atoms with Gasteiger partial charge in [0.25, 0.3) is 5.91 Å². The van der Waals surface area contributed by atoms with Gasteiger partial charge in [-0.15, -0.1) is 12.6 Å². The predicted octanol–water partition coefficient (Wildman–Crippen LogP) is 4.12. The van der Waals surface area contributed by atoms with E-state index in [2.05, 4.69) is 27.0 Å². The minimum atomic E-state index is -2.51. The number of rotatable bonds is 8. The van der Waals surface area contributed by atoms with E-state index in [-0.39, 0.29) is 31.3 Å². The van der Waals surface area contributed by atoms with Crippen molar-refractivity contribution in [3.8, 4) is 11.4 Å². The summed E-state index contributed by atoms with van der Waals surface area (Å²) in [5.41, 5.74) is 3.06. The average molecular weight is 435 g/mol. The third-order valence-electron chi connectivity index (χ3n) is 5.12. The molecule has 4 aromatic rings. The molecule has 0 bridgehead atoms. The first-order valence-electron chi connectivity index (χ1n) is 10.0. The fourth-order valence-electron chi connectivity index (χ4n) is 3.35. The van der Waals surface area contributed by atoms with Crippen LogP contribution in [0.1, 0.15) is 21.9 Å². The highest BCUT2D eigenvalue weighted by atomic mass is 19.3. The molecule has 1 aromatic carbocycles. The molecular weight excluding hydrogens is 415 g/mol. The SMILES string of the molecule is C=CBC(Cc1nc(-c2ccc(C)c(NC(=O)c3cnc4ccccn34)c2)no1)C(F)F. The van der Waals surface area contributed by atoms with E-state index in [0.717, 1.165) is 5.56 Å². The molecule has 1 amide bonds. The van der Waals surface area contributed by atoms with Crippen LogP contribution < -0.4 is 5.32 Å². The highest BCUT2D eigenvalue weighted by molar-refractivity contribution is 6.44. The maximum absolute atomic E-state index is 13.2. The second kappa shape index (κ2) is 9.13. The molecule has 0 spiro atoms. The number of hydrogen-bond acceptors (Lipinski definition) is 5. The van der Waals surface area contributed by atoms with Gasteiger partial charge >= 0.3 is 0 Å². The van der Waals surface area contributed by atoms with Gasteiger partial charge in [-0.1, -0.05) is 23.4 Å². The van der Waals surface area contributed by atoms with Crippen molar-refractivity contribution in [3.63, 3.8) is 0 Å². The third kappa shape index (κ3) is 4.44. The second-order valence-corrected chi connectivity index (χ2v) is 7.39. The largest absolute Gasteiger partial charge is 0.339 e. The van der Waals surface area contributed by atoms with Gasteiger partial charge in [-0.2, -0.15) is 4.98 Å². The summed E-state index contributed by atoms with van der Waals surface area (Å²) in [6, 6.07) is 10.8. The number of aromatic nitrogens is 4. The Kier molecular flexibility index (Phi) is 6.11. The van der Waals surface area contributed by atoms with Crippen molar-refractivity contribution in [3.05, 3.63) is 78.5 Å². The second-order valence-electron chi connectivity index (χ2n) is 7.39. The smallest absolute Gasteiger partial charge is 0.274 e. The van der Waals surface area contributed by atoms with Gasteiger partial charge in [0.15, 0.2) is 7.28 Å². The Hall–Kier alpha value is -3.82. The number of pyridine rings is 1. The third-order valence-corrected chi connectivity index (χ3v) is 5.12. The van der Waals surface area contributed by atoms with Gasteiger partial charge in [0.2, 0.25) is 18.1 Å². The molecule has 3 aromatic heterocycles. The first-order chi connectivity index (χ1) is 15.5. The Bertz CT molecular complexity index is 1270. The molecule has 10 heteroatoms. The van der Waals surface area contributed by atoms with Crippen LogP contribution >= 0.6 is 0 Å². The summed E-state index contributed by atoms with van der Waals surface area (Å²) in [4.78, 5) is 21.3. The van der Waals surface area contributed by atoms with Crippen molar-refractivity contribution in [2.24, 2.45) is 0 Å². The Morgan fingerprint density at radius 3 is 2.97 bits per heavy atom. The van der Waals surface area contributed by atoms with E-state index < -0.39 is 12.2 Å². The van der Waals surface area contributed by atoms with E-state index in [0.29, 0.717) is 22.6 Å². The zero-order valence-electron chi connectivity index (χ0n) is 17.3. The fourth-order valence-corrected chi connectivity index (χ4v) is 3.35. The van der Waals surface area contributed by atoms with Crippen LogP contribution in [-0.4, -0.2) is 39.1 Å². The first-order valence-corrected chi connectivity index (χ1v) is 10.0. The molecule has 0 fully saturated rings. The highest BCUT2D eigenvalue weighted by Crippen LogP contribution is 2.26. The van der Waals surface area contributed by atoms with Gasteiger partial charge in [0, 0.05) is 29.7 Å². The number of imidazole rings is 1. The van der Waals surface area contributed by atoms with Crippen LogP contribution in [0.3, 0.4) is 0 Å². The van der Waals surface area contributed by atoms with Crippen LogP contribution in [0.2, 0.25) is 5.82 Å². The molecular formula is C22H20BF2N5O2. The number of aryl methyl sites for hydroxylation is 1. The minimum absolute atomic E-state index is 0.0412. The lowest BCUT2D eigenvalue weighted by atomic mass is 9.63. The lowest BCUT2D eigenvalue weighted by molar-refractivity contribution is 0.102. The Morgan fingerprint density at radius 1 is 1.34 bits per heavy atom. The molecule has 162 valence electrons. The zero-order valence-corrected chi connectivity index (χ0v) is 17.3. The summed E-state index contributed by atoms with van der Waals surface area (Å²) in [6.45, 7) is 5.37. The number of amides is 1. The number of fused-ring (bicyclic) bond motifs is 1. The zero-order chi connectivity index (χ0) is 22.7. The number of carbonyl (C=O) groups is 1. The van der Waals surface area contributed by atoms with E-state index >= 15 is 0 Å². The lowest BCUT2D eigenvalue weighted by Crippen LogP contribution is -2.15. The van der Waals surface area contributed by atoms with E-state index in [1.54, 1.807) is 22.7 Å². The fraction of sp³-hybridized carbons (Fsp3) is 0.182. The van der Waals surface area contributed by atoms with Gasteiger partial charge in [-0.05, 0) is 30.7 Å². The van der Waals surface area contributed by atoms with Gasteiger partial charge in [0.1, 0.15) is 11.3 Å². The molecule has 0 aliphatic heterocycles. The van der Waals surface area contributed by atoms with Gasteiger partial charge in [0.05, 0.1) is 6.20 Å². The molecule has 0 aliphatic rings. The van der Waals surface area contributed by atoms with E-state index in [1.807, 2.05) is 31.2 Å². The summed E-state index contributed by atoms with van der Waals surface area (Å²) in [6.07, 6.45) is 0.725. The van der Waals surface area contributed by atoms with Crippen molar-refractivity contribution in [2.45, 2.75) is 25.6 Å². The van der Waals surface area contributed by atoms with Crippen molar-refractivity contribution >= 4 is 24.5 Å². The normalized spacial score (nSPS) is 12.1. The van der Waals surface area contributed by atoms with E-state index in [1.165, 1.54) is 12.2 Å². The summed E-state index contributed by atoms with van der Waals surface area (Å²) in [7, 11) is 0.152. The average Bonchev–Trinajstić information content (AvgIpc) is 3.42. The number of carbonyl (C=O) groups excluding carboxylic acids is 1. The molecule has 1 unspecified atom stereocenters. The topological polar surface area (TPSA) is 85.3 Å². The molecule has 1 N–H and O–H groups in total. The Balaban J connectivity index is 1.55. The highest BCUT2D eigenvalue weighted by Gasteiger charge is 2.23. The molecule has 0 aliphatic carbocycles. The maximum atomic E-state index is 13.2. The molecule has 0 saturated carbocycles. The van der Waals surface area contributed by atoms with Crippen molar-refractivity contribution in [2.75, 3.05) is 5.32 Å².